The summed E-state index contributed by atoms with van der Waals surface area (Å²) in [6, 6.07) is 10.7. The van der Waals surface area contributed by atoms with E-state index in [1.165, 1.54) is 16.0 Å². The van der Waals surface area contributed by atoms with Crippen LogP contribution in [0.2, 0.25) is 4.34 Å². The van der Waals surface area contributed by atoms with Crippen molar-refractivity contribution in [1.82, 2.24) is 30.7 Å². The second-order valence-corrected chi connectivity index (χ2v) is 8.09. The predicted octanol–water partition coefficient (Wildman–Crippen LogP) is 3.17. The van der Waals surface area contributed by atoms with Crippen molar-refractivity contribution in [2.75, 3.05) is 12.3 Å². The Bertz CT molecular complexity index is 1300. The molecule has 0 aliphatic carbocycles. The second-order valence-electron chi connectivity index (χ2n) is 6.37. The van der Waals surface area contributed by atoms with Crippen LogP contribution < -0.4 is 15.9 Å². The van der Waals surface area contributed by atoms with E-state index in [4.69, 9.17) is 22.1 Å². The Labute approximate surface area is 190 Å². The number of anilines is 1. The minimum absolute atomic E-state index is 0.00168. The molecule has 164 valence electrons. The summed E-state index contributed by atoms with van der Waals surface area (Å²) in [6.45, 7) is 4.11. The number of hydrazone groups is 1. The van der Waals surface area contributed by atoms with E-state index in [0.29, 0.717) is 33.7 Å². The molecular weight excluding hydrogens is 456 g/mol. The van der Waals surface area contributed by atoms with Gasteiger partial charge in [0.15, 0.2) is 5.69 Å². The van der Waals surface area contributed by atoms with Gasteiger partial charge in [0, 0.05) is 5.56 Å². The van der Waals surface area contributed by atoms with E-state index in [9.17, 15) is 4.79 Å². The molecule has 0 saturated heterocycles. The summed E-state index contributed by atoms with van der Waals surface area (Å²) in [4.78, 5) is 13.8. The Balaban J connectivity index is 1.74. The number of ether oxygens (including phenoxy) is 1. The van der Waals surface area contributed by atoms with Gasteiger partial charge in [-0.3, -0.25) is 4.79 Å². The fourth-order valence-corrected chi connectivity index (χ4v) is 3.82. The molecule has 4 aromatic rings. The van der Waals surface area contributed by atoms with E-state index in [2.05, 4.69) is 35.8 Å². The van der Waals surface area contributed by atoms with E-state index in [-0.39, 0.29) is 17.3 Å². The number of carbonyl (C=O) groups excluding carboxylic acids is 1. The third kappa shape index (κ3) is 4.31. The lowest BCUT2D eigenvalue weighted by Crippen LogP contribution is -2.20. The molecule has 4 rings (SSSR count). The fourth-order valence-electron chi connectivity index (χ4n) is 2.83. The number of rotatable bonds is 7. The third-order valence-corrected chi connectivity index (χ3v) is 5.59. The Kier molecular flexibility index (Phi) is 6.14. The molecule has 3 N–H and O–H groups in total. The summed E-state index contributed by atoms with van der Waals surface area (Å²) in [7, 11) is 0. The van der Waals surface area contributed by atoms with Crippen molar-refractivity contribution >= 4 is 40.4 Å². The van der Waals surface area contributed by atoms with Crippen LogP contribution in [0.4, 0.5) is 5.82 Å². The molecule has 0 radical (unpaired) electrons. The maximum atomic E-state index is 13.0. The zero-order valence-corrected chi connectivity index (χ0v) is 18.5. The maximum absolute atomic E-state index is 13.0. The minimum Gasteiger partial charge on any atom is -0.494 e. The van der Waals surface area contributed by atoms with Gasteiger partial charge in [0.1, 0.15) is 11.4 Å². The second kappa shape index (κ2) is 9.16. The van der Waals surface area contributed by atoms with Gasteiger partial charge in [0.2, 0.25) is 11.6 Å². The zero-order valence-electron chi connectivity index (χ0n) is 16.9. The highest BCUT2D eigenvalue weighted by Crippen LogP contribution is 2.29. The number of nitrogens with two attached hydrogens (primary N) is 1. The Morgan fingerprint density at radius 1 is 1.34 bits per heavy atom. The summed E-state index contributed by atoms with van der Waals surface area (Å²) >= 11 is 7.32. The molecule has 32 heavy (non-hydrogen) atoms. The lowest BCUT2D eigenvalue weighted by molar-refractivity contribution is 0.0950. The fraction of sp³-hybridized carbons (Fsp3) is 0.158. The molecule has 0 aliphatic rings. The molecule has 13 heteroatoms. The largest absolute Gasteiger partial charge is 0.494 e. The maximum Gasteiger partial charge on any atom is 0.294 e. The topological polar surface area (TPSA) is 146 Å². The highest BCUT2D eigenvalue weighted by molar-refractivity contribution is 7.18. The molecule has 1 amide bonds. The monoisotopic (exact) mass is 472 g/mol. The molecule has 1 aromatic carbocycles. The van der Waals surface area contributed by atoms with Gasteiger partial charge in [-0.25, -0.2) is 10.1 Å². The normalized spacial score (nSPS) is 11.5. The molecule has 3 aromatic heterocycles. The molecule has 0 saturated carbocycles. The molecule has 0 fully saturated rings. The van der Waals surface area contributed by atoms with Crippen LogP contribution in [0.5, 0.6) is 5.75 Å². The smallest absolute Gasteiger partial charge is 0.294 e. The molecule has 0 spiro atoms. The van der Waals surface area contributed by atoms with Crippen molar-refractivity contribution < 1.29 is 14.2 Å². The number of benzene rings is 1. The van der Waals surface area contributed by atoms with Crippen LogP contribution in [0.25, 0.3) is 17.1 Å². The van der Waals surface area contributed by atoms with Gasteiger partial charge in [-0.05, 0) is 48.4 Å². The van der Waals surface area contributed by atoms with Crippen LogP contribution in [-0.2, 0) is 0 Å². The summed E-state index contributed by atoms with van der Waals surface area (Å²) in [5, 5.41) is 19.6. The molecule has 0 atom stereocenters. The van der Waals surface area contributed by atoms with Gasteiger partial charge in [0.25, 0.3) is 5.91 Å². The molecule has 0 bridgehead atoms. The molecular formula is C19H17ClN8O3S. The van der Waals surface area contributed by atoms with Crippen molar-refractivity contribution in [3.05, 3.63) is 51.3 Å². The first kappa shape index (κ1) is 21.5. The van der Waals surface area contributed by atoms with E-state index in [1.807, 2.05) is 13.0 Å². The van der Waals surface area contributed by atoms with Crippen LogP contribution in [0.3, 0.4) is 0 Å². The molecule has 0 unspecified atom stereocenters. The molecule has 3 heterocycles. The van der Waals surface area contributed by atoms with E-state index in [0.717, 1.165) is 4.88 Å². The van der Waals surface area contributed by atoms with Gasteiger partial charge in [-0.2, -0.15) is 9.78 Å². The quantitative estimate of drug-likeness (QED) is 0.308. The Hall–Kier alpha value is -3.77. The van der Waals surface area contributed by atoms with Gasteiger partial charge < -0.3 is 10.5 Å². The van der Waals surface area contributed by atoms with Gasteiger partial charge in [-0.1, -0.05) is 28.9 Å². The number of nitrogens with one attached hydrogen (secondary N) is 1. The summed E-state index contributed by atoms with van der Waals surface area (Å²) in [6.07, 6.45) is 0. The number of amides is 1. The highest BCUT2D eigenvalue weighted by atomic mass is 35.5. The Morgan fingerprint density at radius 3 is 2.88 bits per heavy atom. The number of thiophene rings is 1. The number of hydrogen-bond donors (Lipinski definition) is 2. The first-order chi connectivity index (χ1) is 15.5. The standard InChI is InChI=1S/C19H17ClN8O3S/c1-3-30-12-6-4-5-11(9-12)16-15(23-27-28(16)18-17(21)25-31-26-18)19(29)24-22-10(2)13-7-8-14(20)32-13/h4-9H,3H2,1-2H3,(H2,21,25)(H,24,29)/b22-10+. The van der Waals surface area contributed by atoms with E-state index >= 15 is 0 Å². The molecule has 11 nitrogen and oxygen atoms in total. The lowest BCUT2D eigenvalue weighted by Gasteiger charge is -2.08. The van der Waals surface area contributed by atoms with Crippen molar-refractivity contribution in [3.63, 3.8) is 0 Å². The van der Waals surface area contributed by atoms with E-state index in [1.54, 1.807) is 37.3 Å². The van der Waals surface area contributed by atoms with Gasteiger partial charge in [-0.15, -0.1) is 16.4 Å². The average molecular weight is 473 g/mol. The summed E-state index contributed by atoms with van der Waals surface area (Å²) < 4.78 is 12.2. The van der Waals surface area contributed by atoms with Crippen molar-refractivity contribution in [2.45, 2.75) is 13.8 Å². The number of aromatic nitrogens is 5. The molecule has 0 aliphatic heterocycles. The van der Waals surface area contributed by atoms with Crippen molar-refractivity contribution in [2.24, 2.45) is 5.10 Å². The van der Waals surface area contributed by atoms with Crippen LogP contribution in [0.15, 0.2) is 46.1 Å². The number of carbonyl (C=O) groups is 1. The lowest BCUT2D eigenvalue weighted by atomic mass is 10.1. The van der Waals surface area contributed by atoms with Gasteiger partial charge >= 0.3 is 0 Å². The first-order valence-corrected chi connectivity index (χ1v) is 10.5. The van der Waals surface area contributed by atoms with Crippen LogP contribution in [0, 0.1) is 0 Å². The van der Waals surface area contributed by atoms with Crippen molar-refractivity contribution in [1.29, 1.82) is 0 Å². The Morgan fingerprint density at radius 2 is 2.19 bits per heavy atom. The zero-order chi connectivity index (χ0) is 22.7. The van der Waals surface area contributed by atoms with Gasteiger partial charge in [0.05, 0.1) is 21.5 Å². The highest BCUT2D eigenvalue weighted by Gasteiger charge is 2.25. The summed E-state index contributed by atoms with van der Waals surface area (Å²) in [5.41, 5.74) is 9.85. The number of halogens is 1. The summed E-state index contributed by atoms with van der Waals surface area (Å²) in [5.74, 6) is 0.123. The number of hydrogen-bond acceptors (Lipinski definition) is 10. The van der Waals surface area contributed by atoms with Crippen molar-refractivity contribution in [3.8, 4) is 22.8 Å². The number of nitrogen functional groups attached to an aromatic ring is 1. The van der Waals surface area contributed by atoms with E-state index < -0.39 is 5.91 Å². The SMILES string of the molecule is CCOc1cccc(-c2c(C(=O)N/N=C(\C)c3ccc(Cl)s3)nnn2-c2nonc2N)c1. The number of nitrogens with zero attached hydrogens (tertiary/aromatic N) is 6. The van der Waals surface area contributed by atoms with Crippen LogP contribution in [0.1, 0.15) is 29.2 Å². The third-order valence-electron chi connectivity index (χ3n) is 4.25. The van der Waals surface area contributed by atoms with Crippen LogP contribution >= 0.6 is 22.9 Å². The first-order valence-electron chi connectivity index (χ1n) is 9.35. The predicted molar refractivity (Wildman–Crippen MR) is 119 cm³/mol. The minimum atomic E-state index is -0.579. The average Bonchev–Trinajstić information content (AvgIpc) is 3.51. The van der Waals surface area contributed by atoms with Crippen LogP contribution in [-0.4, -0.2) is 43.5 Å².